The first kappa shape index (κ1) is 14.8. The number of rotatable bonds is 3. The predicted molar refractivity (Wildman–Crippen MR) is 77.1 cm³/mol. The minimum Gasteiger partial charge on any atom is -0.489 e. The van der Waals surface area contributed by atoms with Crippen LogP contribution in [0.5, 0.6) is 5.75 Å². The first-order chi connectivity index (χ1) is 9.99. The molecule has 4 N–H and O–H groups in total. The van der Waals surface area contributed by atoms with Gasteiger partial charge in [-0.05, 0) is 19.1 Å². The van der Waals surface area contributed by atoms with Crippen LogP contribution in [0.25, 0.3) is 11.3 Å². The van der Waals surface area contributed by atoms with Gasteiger partial charge in [-0.25, -0.2) is 9.37 Å². The van der Waals surface area contributed by atoms with Gasteiger partial charge in [-0.15, -0.1) is 0 Å². The van der Waals surface area contributed by atoms with E-state index in [0.717, 1.165) is 0 Å². The third kappa shape index (κ3) is 2.66. The van der Waals surface area contributed by atoms with E-state index in [1.807, 2.05) is 6.07 Å². The number of nitriles is 1. The Balaban J connectivity index is 2.74. The minimum absolute atomic E-state index is 0.00220. The topological polar surface area (TPSA) is 111 Å². The fourth-order valence-electron chi connectivity index (χ4n) is 1.79. The Kier molecular flexibility index (Phi) is 4.10. The zero-order chi connectivity index (χ0) is 15.6. The number of aromatic nitrogens is 2. The summed E-state index contributed by atoms with van der Waals surface area (Å²) in [5.74, 6) is -1.13. The molecule has 6 nitrogen and oxygen atoms in total. The molecule has 2 rings (SSSR count). The van der Waals surface area contributed by atoms with Crippen molar-refractivity contribution in [3.05, 3.63) is 28.5 Å². The summed E-state index contributed by atoms with van der Waals surface area (Å²) in [6.07, 6.45) is 0. The second kappa shape index (κ2) is 5.81. The Bertz CT molecular complexity index is 744. The third-order valence-electron chi connectivity index (χ3n) is 2.66. The van der Waals surface area contributed by atoms with Gasteiger partial charge in [0.1, 0.15) is 17.5 Å². The van der Waals surface area contributed by atoms with E-state index in [1.54, 1.807) is 6.92 Å². The lowest BCUT2D eigenvalue weighted by molar-refractivity contribution is 0.322. The fraction of sp³-hybridized carbons (Fsp3) is 0.154. The Morgan fingerprint density at radius 3 is 2.71 bits per heavy atom. The lowest BCUT2D eigenvalue weighted by Crippen LogP contribution is -2.06. The Morgan fingerprint density at radius 1 is 1.38 bits per heavy atom. The number of hydrogen-bond acceptors (Lipinski definition) is 6. The molecule has 0 aliphatic carbocycles. The van der Waals surface area contributed by atoms with Gasteiger partial charge in [0.15, 0.2) is 11.6 Å². The molecule has 0 fully saturated rings. The molecule has 8 heteroatoms. The zero-order valence-corrected chi connectivity index (χ0v) is 11.8. The highest BCUT2D eigenvalue weighted by molar-refractivity contribution is 6.32. The van der Waals surface area contributed by atoms with Crippen LogP contribution >= 0.6 is 11.6 Å². The van der Waals surface area contributed by atoms with Crippen molar-refractivity contribution in [3.8, 4) is 23.1 Å². The summed E-state index contributed by atoms with van der Waals surface area (Å²) in [7, 11) is 0. The molecule has 0 atom stereocenters. The Labute approximate surface area is 125 Å². The fourth-order valence-corrected chi connectivity index (χ4v) is 1.99. The monoisotopic (exact) mass is 307 g/mol. The standard InChI is InChI=1S/C13H11ClFN5O/c1-2-21-11-8(14)4-3-6(9(11)15)10-7(5-16)12(17)20-13(18)19-10/h3-4H,2H2,1H3,(H4,17,18,19,20). The Hall–Kier alpha value is -2.59. The van der Waals surface area contributed by atoms with Crippen molar-refractivity contribution < 1.29 is 9.13 Å². The van der Waals surface area contributed by atoms with Crippen LogP contribution in [-0.2, 0) is 0 Å². The molecule has 1 aromatic heterocycles. The normalized spacial score (nSPS) is 10.2. The first-order valence-corrected chi connectivity index (χ1v) is 6.31. The molecular weight excluding hydrogens is 297 g/mol. The van der Waals surface area contributed by atoms with E-state index in [4.69, 9.17) is 33.1 Å². The molecule has 0 saturated heterocycles. The number of anilines is 2. The Morgan fingerprint density at radius 2 is 2.10 bits per heavy atom. The molecule has 108 valence electrons. The summed E-state index contributed by atoms with van der Waals surface area (Å²) in [4.78, 5) is 7.57. The molecule has 1 aromatic carbocycles. The second-order valence-corrected chi connectivity index (χ2v) is 4.38. The molecule has 0 aliphatic heterocycles. The number of hydrogen-bond donors (Lipinski definition) is 2. The van der Waals surface area contributed by atoms with Crippen LogP contribution in [0.1, 0.15) is 12.5 Å². The molecule has 0 saturated carbocycles. The van der Waals surface area contributed by atoms with E-state index in [-0.39, 0.29) is 46.0 Å². The van der Waals surface area contributed by atoms with Crippen LogP contribution < -0.4 is 16.2 Å². The van der Waals surface area contributed by atoms with E-state index in [0.29, 0.717) is 0 Å². The number of nitrogen functional groups attached to an aromatic ring is 2. The van der Waals surface area contributed by atoms with E-state index in [2.05, 4.69) is 9.97 Å². The molecule has 2 aromatic rings. The molecule has 21 heavy (non-hydrogen) atoms. The van der Waals surface area contributed by atoms with E-state index in [1.165, 1.54) is 12.1 Å². The van der Waals surface area contributed by atoms with Gasteiger partial charge in [0.05, 0.1) is 17.3 Å². The van der Waals surface area contributed by atoms with Gasteiger partial charge in [-0.3, -0.25) is 0 Å². The van der Waals surface area contributed by atoms with Crippen molar-refractivity contribution in [1.82, 2.24) is 9.97 Å². The quantitative estimate of drug-likeness (QED) is 0.900. The van der Waals surface area contributed by atoms with Gasteiger partial charge in [-0.2, -0.15) is 10.2 Å². The molecule has 1 heterocycles. The summed E-state index contributed by atoms with van der Waals surface area (Å²) in [6, 6.07) is 4.66. The average molecular weight is 308 g/mol. The highest BCUT2D eigenvalue weighted by Crippen LogP contribution is 2.36. The van der Waals surface area contributed by atoms with Crippen LogP contribution in [0.2, 0.25) is 5.02 Å². The maximum absolute atomic E-state index is 14.5. The van der Waals surface area contributed by atoms with Crippen LogP contribution in [0.4, 0.5) is 16.2 Å². The van der Waals surface area contributed by atoms with Crippen molar-refractivity contribution in [2.75, 3.05) is 18.1 Å². The number of benzene rings is 1. The maximum Gasteiger partial charge on any atom is 0.222 e. The lowest BCUT2D eigenvalue weighted by atomic mass is 10.1. The number of nitrogens with zero attached hydrogens (tertiary/aromatic N) is 3. The van der Waals surface area contributed by atoms with Crippen molar-refractivity contribution >= 4 is 23.4 Å². The van der Waals surface area contributed by atoms with Gasteiger partial charge >= 0.3 is 0 Å². The first-order valence-electron chi connectivity index (χ1n) is 5.93. The molecule has 0 bridgehead atoms. The van der Waals surface area contributed by atoms with Crippen LogP contribution in [0.3, 0.4) is 0 Å². The van der Waals surface area contributed by atoms with Crippen molar-refractivity contribution in [3.63, 3.8) is 0 Å². The van der Waals surface area contributed by atoms with Crippen molar-refractivity contribution in [2.24, 2.45) is 0 Å². The number of halogens is 2. The van der Waals surface area contributed by atoms with Crippen LogP contribution in [0.15, 0.2) is 12.1 Å². The molecule has 0 unspecified atom stereocenters. The van der Waals surface area contributed by atoms with Gasteiger partial charge in [0.25, 0.3) is 0 Å². The molecule has 0 aliphatic rings. The molecule has 0 radical (unpaired) electrons. The van der Waals surface area contributed by atoms with Crippen LogP contribution in [0, 0.1) is 17.1 Å². The predicted octanol–water partition coefficient (Wildman–Crippen LogP) is 2.37. The summed E-state index contributed by atoms with van der Waals surface area (Å²) in [5, 5.41) is 9.26. The highest BCUT2D eigenvalue weighted by Gasteiger charge is 2.20. The molecule has 0 spiro atoms. The van der Waals surface area contributed by atoms with Crippen LogP contribution in [-0.4, -0.2) is 16.6 Å². The van der Waals surface area contributed by atoms with Gasteiger partial charge < -0.3 is 16.2 Å². The second-order valence-electron chi connectivity index (χ2n) is 3.97. The summed E-state index contributed by atoms with van der Waals surface area (Å²) < 4.78 is 19.7. The largest absolute Gasteiger partial charge is 0.489 e. The highest BCUT2D eigenvalue weighted by atomic mass is 35.5. The van der Waals surface area contributed by atoms with Gasteiger partial charge in [0.2, 0.25) is 5.95 Å². The molecule has 0 amide bonds. The number of nitrogens with two attached hydrogens (primary N) is 2. The van der Waals surface area contributed by atoms with Gasteiger partial charge in [-0.1, -0.05) is 11.6 Å². The summed E-state index contributed by atoms with van der Waals surface area (Å²) in [5.41, 5.74) is 11.1. The lowest BCUT2D eigenvalue weighted by Gasteiger charge is -2.12. The SMILES string of the molecule is CCOc1c(Cl)ccc(-c2nc(N)nc(N)c2C#N)c1F. The summed E-state index contributed by atoms with van der Waals surface area (Å²) >= 11 is 5.89. The zero-order valence-electron chi connectivity index (χ0n) is 11.0. The minimum atomic E-state index is -0.738. The van der Waals surface area contributed by atoms with Crippen molar-refractivity contribution in [1.29, 1.82) is 5.26 Å². The van der Waals surface area contributed by atoms with E-state index >= 15 is 0 Å². The van der Waals surface area contributed by atoms with Crippen molar-refractivity contribution in [2.45, 2.75) is 6.92 Å². The summed E-state index contributed by atoms with van der Waals surface area (Å²) in [6.45, 7) is 1.93. The maximum atomic E-state index is 14.5. The number of ether oxygens (including phenoxy) is 1. The van der Waals surface area contributed by atoms with Gasteiger partial charge in [0, 0.05) is 5.56 Å². The third-order valence-corrected chi connectivity index (χ3v) is 2.96. The average Bonchev–Trinajstić information content (AvgIpc) is 2.43. The van der Waals surface area contributed by atoms with E-state index in [9.17, 15) is 4.39 Å². The van der Waals surface area contributed by atoms with E-state index < -0.39 is 5.82 Å². The smallest absolute Gasteiger partial charge is 0.222 e. The molecular formula is C13H11ClFN5O.